The number of nitriles is 1. The molecule has 0 aliphatic rings. The molecule has 0 unspecified atom stereocenters. The molecule has 2 rings (SSSR count). The van der Waals surface area contributed by atoms with Gasteiger partial charge in [-0.25, -0.2) is 4.79 Å². The molecule has 0 N–H and O–H groups in total. The van der Waals surface area contributed by atoms with Gasteiger partial charge in [-0.05, 0) is 68.7 Å². The Hall–Kier alpha value is -2.60. The molecule has 2 aromatic rings. The van der Waals surface area contributed by atoms with Crippen LogP contribution in [0.3, 0.4) is 0 Å². The van der Waals surface area contributed by atoms with E-state index in [2.05, 4.69) is 6.07 Å². The first kappa shape index (κ1) is 15.8. The molecular weight excluding hydrogens is 274 g/mol. The topological polar surface area (TPSA) is 50.1 Å². The number of benzene rings is 2. The average molecular weight is 293 g/mol. The molecule has 112 valence electrons. The third-order valence-electron chi connectivity index (χ3n) is 3.06. The number of carbonyl (C=O) groups is 1. The number of hydrogen-bond acceptors (Lipinski definition) is 3. The van der Waals surface area contributed by atoms with E-state index < -0.39 is 5.60 Å². The summed E-state index contributed by atoms with van der Waals surface area (Å²) in [5, 5.41) is 9.05. The predicted molar refractivity (Wildman–Crippen MR) is 86.5 cm³/mol. The van der Waals surface area contributed by atoms with Gasteiger partial charge in [-0.3, -0.25) is 0 Å². The second-order valence-corrected chi connectivity index (χ2v) is 6.28. The molecule has 3 nitrogen and oxygen atoms in total. The van der Waals surface area contributed by atoms with Gasteiger partial charge in [-0.2, -0.15) is 5.26 Å². The molecule has 0 aromatic heterocycles. The molecule has 0 saturated heterocycles. The van der Waals surface area contributed by atoms with Crippen molar-refractivity contribution in [3.05, 3.63) is 59.2 Å². The van der Waals surface area contributed by atoms with E-state index in [0.717, 1.165) is 16.7 Å². The molecule has 0 amide bonds. The summed E-state index contributed by atoms with van der Waals surface area (Å²) < 4.78 is 5.34. The summed E-state index contributed by atoms with van der Waals surface area (Å²) in [6.07, 6.45) is 0. The fraction of sp³-hybridized carbons (Fsp3) is 0.263. The lowest BCUT2D eigenvalue weighted by Gasteiger charge is -2.19. The van der Waals surface area contributed by atoms with Crippen LogP contribution in [0.15, 0.2) is 42.5 Å². The Bertz CT molecular complexity index is 732. The Morgan fingerprint density at radius 1 is 1.05 bits per heavy atom. The highest BCUT2D eigenvalue weighted by Crippen LogP contribution is 2.23. The second kappa shape index (κ2) is 6.03. The average Bonchev–Trinajstić information content (AvgIpc) is 2.45. The molecule has 0 fully saturated rings. The van der Waals surface area contributed by atoms with Gasteiger partial charge in [0.2, 0.25) is 0 Å². The molecule has 0 aliphatic carbocycles. The predicted octanol–water partition coefficient (Wildman–Crippen LogP) is 4.49. The number of ether oxygens (including phenoxy) is 1. The maximum absolute atomic E-state index is 12.0. The van der Waals surface area contributed by atoms with Crippen LogP contribution in [0.2, 0.25) is 0 Å². The summed E-state index contributed by atoms with van der Waals surface area (Å²) >= 11 is 0. The zero-order valence-corrected chi connectivity index (χ0v) is 13.3. The minimum Gasteiger partial charge on any atom is -0.456 e. The summed E-state index contributed by atoms with van der Waals surface area (Å²) in [4.78, 5) is 12.0. The Morgan fingerprint density at radius 3 is 2.23 bits per heavy atom. The van der Waals surface area contributed by atoms with E-state index in [1.807, 2.05) is 58.0 Å². The van der Waals surface area contributed by atoms with Crippen LogP contribution in [0.1, 0.15) is 42.3 Å². The van der Waals surface area contributed by atoms with Crippen LogP contribution < -0.4 is 0 Å². The standard InChI is InChI=1S/C19H19NO2/c1-13-9-14(12-20)11-17(10-13)15-5-7-16(8-6-15)18(21)22-19(2,3)4/h5-11H,1-4H3. The first-order chi connectivity index (χ1) is 10.3. The van der Waals surface area contributed by atoms with Crippen molar-refractivity contribution in [2.45, 2.75) is 33.3 Å². The summed E-state index contributed by atoms with van der Waals surface area (Å²) in [6.45, 7) is 7.49. The highest BCUT2D eigenvalue weighted by atomic mass is 16.6. The molecule has 0 aliphatic heterocycles. The fourth-order valence-corrected chi connectivity index (χ4v) is 2.15. The van der Waals surface area contributed by atoms with Crippen LogP contribution in [-0.2, 0) is 4.74 Å². The van der Waals surface area contributed by atoms with Gasteiger partial charge >= 0.3 is 5.97 Å². The van der Waals surface area contributed by atoms with Crippen LogP contribution in [0.5, 0.6) is 0 Å². The molecule has 0 heterocycles. The molecule has 0 bridgehead atoms. The van der Waals surface area contributed by atoms with Gasteiger partial charge in [0, 0.05) is 0 Å². The third kappa shape index (κ3) is 3.95. The van der Waals surface area contributed by atoms with Gasteiger partial charge < -0.3 is 4.74 Å². The number of esters is 1. The summed E-state index contributed by atoms with van der Waals surface area (Å²) in [5.74, 6) is -0.332. The van der Waals surface area contributed by atoms with E-state index in [-0.39, 0.29) is 5.97 Å². The van der Waals surface area contributed by atoms with E-state index in [4.69, 9.17) is 10.00 Å². The number of carbonyl (C=O) groups excluding carboxylic acids is 1. The van der Waals surface area contributed by atoms with Crippen molar-refractivity contribution in [3.63, 3.8) is 0 Å². The van der Waals surface area contributed by atoms with Crippen LogP contribution in [0.4, 0.5) is 0 Å². The Kier molecular flexibility index (Phi) is 4.32. The molecule has 0 spiro atoms. The van der Waals surface area contributed by atoms with Crippen molar-refractivity contribution in [3.8, 4) is 17.2 Å². The second-order valence-electron chi connectivity index (χ2n) is 6.28. The molecule has 2 aromatic carbocycles. The van der Waals surface area contributed by atoms with Gasteiger partial charge in [0.05, 0.1) is 17.2 Å². The van der Waals surface area contributed by atoms with E-state index in [9.17, 15) is 4.79 Å². The van der Waals surface area contributed by atoms with Crippen LogP contribution in [-0.4, -0.2) is 11.6 Å². The van der Waals surface area contributed by atoms with E-state index in [0.29, 0.717) is 11.1 Å². The van der Waals surface area contributed by atoms with Gasteiger partial charge in [-0.15, -0.1) is 0 Å². The zero-order chi connectivity index (χ0) is 16.3. The van der Waals surface area contributed by atoms with E-state index >= 15 is 0 Å². The van der Waals surface area contributed by atoms with Crippen molar-refractivity contribution < 1.29 is 9.53 Å². The fourth-order valence-electron chi connectivity index (χ4n) is 2.15. The molecule has 0 saturated carbocycles. The quantitative estimate of drug-likeness (QED) is 0.766. The van der Waals surface area contributed by atoms with Crippen molar-refractivity contribution in [1.29, 1.82) is 5.26 Å². The number of rotatable bonds is 2. The minimum atomic E-state index is -0.506. The van der Waals surface area contributed by atoms with Gasteiger partial charge in [-0.1, -0.05) is 18.2 Å². The first-order valence-corrected chi connectivity index (χ1v) is 7.14. The lowest BCUT2D eigenvalue weighted by atomic mass is 9.99. The molecular formula is C19H19NO2. The maximum Gasteiger partial charge on any atom is 0.338 e. The lowest BCUT2D eigenvalue weighted by Crippen LogP contribution is -2.23. The Morgan fingerprint density at radius 2 is 1.68 bits per heavy atom. The third-order valence-corrected chi connectivity index (χ3v) is 3.06. The van der Waals surface area contributed by atoms with E-state index in [1.165, 1.54) is 0 Å². The monoisotopic (exact) mass is 293 g/mol. The number of nitrogens with zero attached hydrogens (tertiary/aromatic N) is 1. The van der Waals surface area contributed by atoms with Crippen molar-refractivity contribution in [2.75, 3.05) is 0 Å². The summed E-state index contributed by atoms with van der Waals surface area (Å²) in [7, 11) is 0. The Labute approximate surface area is 131 Å². The molecule has 22 heavy (non-hydrogen) atoms. The SMILES string of the molecule is Cc1cc(C#N)cc(-c2ccc(C(=O)OC(C)(C)C)cc2)c1. The van der Waals surface area contributed by atoms with E-state index in [1.54, 1.807) is 12.1 Å². The first-order valence-electron chi connectivity index (χ1n) is 7.14. The molecule has 0 radical (unpaired) electrons. The minimum absolute atomic E-state index is 0.332. The molecule has 3 heteroatoms. The van der Waals surface area contributed by atoms with Crippen molar-refractivity contribution in [1.82, 2.24) is 0 Å². The lowest BCUT2D eigenvalue weighted by molar-refractivity contribution is 0.00696. The number of hydrogen-bond donors (Lipinski definition) is 0. The highest BCUT2D eigenvalue weighted by Gasteiger charge is 2.17. The van der Waals surface area contributed by atoms with Crippen LogP contribution in [0, 0.1) is 18.3 Å². The van der Waals surface area contributed by atoms with Crippen LogP contribution in [0.25, 0.3) is 11.1 Å². The van der Waals surface area contributed by atoms with Gasteiger partial charge in [0.1, 0.15) is 5.60 Å². The largest absolute Gasteiger partial charge is 0.456 e. The normalized spacial score (nSPS) is 10.9. The summed E-state index contributed by atoms with van der Waals surface area (Å²) in [5.41, 5.74) is 3.61. The Balaban J connectivity index is 2.28. The maximum atomic E-state index is 12.0. The zero-order valence-electron chi connectivity index (χ0n) is 13.3. The van der Waals surface area contributed by atoms with Gasteiger partial charge in [0.15, 0.2) is 0 Å². The smallest absolute Gasteiger partial charge is 0.338 e. The van der Waals surface area contributed by atoms with Crippen molar-refractivity contribution in [2.24, 2.45) is 0 Å². The van der Waals surface area contributed by atoms with Crippen molar-refractivity contribution >= 4 is 5.97 Å². The highest BCUT2D eigenvalue weighted by molar-refractivity contribution is 5.90. The van der Waals surface area contributed by atoms with Gasteiger partial charge in [0.25, 0.3) is 0 Å². The molecule has 0 atom stereocenters. The van der Waals surface area contributed by atoms with Crippen LogP contribution >= 0.6 is 0 Å². The summed E-state index contributed by atoms with van der Waals surface area (Å²) in [6, 6.07) is 15.1. The number of aryl methyl sites for hydroxylation is 1.